The molecule has 0 N–H and O–H groups in total. The fourth-order valence-corrected chi connectivity index (χ4v) is 2.60. The Morgan fingerprint density at radius 2 is 2.27 bits per heavy atom. The van der Waals surface area contributed by atoms with E-state index in [0.29, 0.717) is 5.41 Å². The normalized spacial score (nSPS) is 39.0. The summed E-state index contributed by atoms with van der Waals surface area (Å²) < 4.78 is 0. The van der Waals surface area contributed by atoms with Gasteiger partial charge in [-0.1, -0.05) is 33.6 Å². The van der Waals surface area contributed by atoms with Gasteiger partial charge in [-0.25, -0.2) is 0 Å². The lowest BCUT2D eigenvalue weighted by Crippen LogP contribution is -2.24. The molecular formula is C11H21. The highest BCUT2D eigenvalue weighted by Crippen LogP contribution is 2.41. The van der Waals surface area contributed by atoms with E-state index in [1.807, 2.05) is 0 Å². The molecule has 1 fully saturated rings. The zero-order valence-corrected chi connectivity index (χ0v) is 8.19. The van der Waals surface area contributed by atoms with E-state index in [-0.39, 0.29) is 0 Å². The predicted octanol–water partition coefficient (Wildman–Crippen LogP) is 3.82. The maximum atomic E-state index is 2.45. The lowest BCUT2D eigenvalue weighted by molar-refractivity contribution is 0.166. The van der Waals surface area contributed by atoms with Gasteiger partial charge in [0.15, 0.2) is 0 Å². The molecule has 0 heteroatoms. The van der Waals surface area contributed by atoms with E-state index in [2.05, 4.69) is 27.2 Å². The fourth-order valence-electron chi connectivity index (χ4n) is 2.60. The average molecular weight is 153 g/mol. The van der Waals surface area contributed by atoms with E-state index in [0.717, 1.165) is 5.92 Å². The van der Waals surface area contributed by atoms with Crippen LogP contribution in [0.15, 0.2) is 0 Å². The van der Waals surface area contributed by atoms with E-state index in [1.54, 1.807) is 0 Å². The Balaban J connectivity index is 2.41. The predicted molar refractivity (Wildman–Crippen MR) is 50.3 cm³/mol. The highest BCUT2D eigenvalue weighted by Gasteiger charge is 2.28. The summed E-state index contributed by atoms with van der Waals surface area (Å²) in [7, 11) is 0. The summed E-state index contributed by atoms with van der Waals surface area (Å²) in [5.74, 6) is 0.966. The number of rotatable bonds is 2. The first-order valence-electron chi connectivity index (χ1n) is 4.94. The van der Waals surface area contributed by atoms with Crippen molar-refractivity contribution in [3.8, 4) is 0 Å². The largest absolute Gasteiger partial charge is 0.0625 e. The first kappa shape index (κ1) is 9.09. The Kier molecular flexibility index (Phi) is 2.98. The third-order valence-corrected chi connectivity index (χ3v) is 3.02. The SMILES string of the molecule is C[CH]CC1(C)CCCC(C)C1. The van der Waals surface area contributed by atoms with Crippen LogP contribution in [0.4, 0.5) is 0 Å². The van der Waals surface area contributed by atoms with Crippen LogP contribution in [0.2, 0.25) is 0 Å². The fraction of sp³-hybridized carbons (Fsp3) is 0.909. The van der Waals surface area contributed by atoms with Gasteiger partial charge in [0.2, 0.25) is 0 Å². The topological polar surface area (TPSA) is 0 Å². The Hall–Kier alpha value is 0. The minimum Gasteiger partial charge on any atom is -0.0625 e. The van der Waals surface area contributed by atoms with Crippen LogP contribution in [0.3, 0.4) is 0 Å². The minimum absolute atomic E-state index is 0.645. The molecule has 1 aliphatic rings. The van der Waals surface area contributed by atoms with Crippen molar-refractivity contribution >= 4 is 0 Å². The molecule has 0 saturated heterocycles. The van der Waals surface area contributed by atoms with Gasteiger partial charge in [0.1, 0.15) is 0 Å². The molecule has 1 saturated carbocycles. The molecule has 0 aromatic carbocycles. The van der Waals surface area contributed by atoms with E-state index < -0.39 is 0 Å². The van der Waals surface area contributed by atoms with Crippen LogP contribution in [0.5, 0.6) is 0 Å². The molecule has 2 unspecified atom stereocenters. The van der Waals surface area contributed by atoms with E-state index in [1.165, 1.54) is 32.1 Å². The van der Waals surface area contributed by atoms with Crippen LogP contribution in [0, 0.1) is 17.8 Å². The second-order valence-electron chi connectivity index (χ2n) is 4.62. The average Bonchev–Trinajstić information content (AvgIpc) is 1.86. The van der Waals surface area contributed by atoms with Crippen molar-refractivity contribution in [3.05, 3.63) is 6.42 Å². The smallest absolute Gasteiger partial charge is 0.0321 e. The van der Waals surface area contributed by atoms with Crippen LogP contribution >= 0.6 is 0 Å². The van der Waals surface area contributed by atoms with E-state index in [4.69, 9.17) is 0 Å². The molecule has 1 aliphatic carbocycles. The molecule has 0 amide bonds. The standard InChI is InChI=1S/C11H21/c1-4-7-11(3)8-5-6-10(2)9-11/h4,10H,5-9H2,1-3H3. The van der Waals surface area contributed by atoms with Gasteiger partial charge in [0.05, 0.1) is 0 Å². The van der Waals surface area contributed by atoms with Gasteiger partial charge in [0.25, 0.3) is 0 Å². The highest BCUT2D eigenvalue weighted by atomic mass is 14.3. The second kappa shape index (κ2) is 3.60. The van der Waals surface area contributed by atoms with E-state index >= 15 is 0 Å². The van der Waals surface area contributed by atoms with Crippen molar-refractivity contribution in [1.29, 1.82) is 0 Å². The summed E-state index contributed by atoms with van der Waals surface area (Å²) in [5.41, 5.74) is 0.645. The Bertz CT molecular complexity index is 113. The van der Waals surface area contributed by atoms with Crippen molar-refractivity contribution in [1.82, 2.24) is 0 Å². The van der Waals surface area contributed by atoms with Crippen molar-refractivity contribution in [2.24, 2.45) is 11.3 Å². The molecular weight excluding hydrogens is 132 g/mol. The molecule has 0 aliphatic heterocycles. The summed E-state index contributed by atoms with van der Waals surface area (Å²) in [6.45, 7) is 7.03. The molecule has 0 spiro atoms. The van der Waals surface area contributed by atoms with Gasteiger partial charge in [-0.05, 0) is 37.0 Å². The zero-order chi connectivity index (χ0) is 8.32. The van der Waals surface area contributed by atoms with Gasteiger partial charge in [-0.15, -0.1) is 0 Å². The van der Waals surface area contributed by atoms with Crippen molar-refractivity contribution in [2.75, 3.05) is 0 Å². The quantitative estimate of drug-likeness (QED) is 0.566. The van der Waals surface area contributed by atoms with Gasteiger partial charge in [0, 0.05) is 0 Å². The molecule has 11 heavy (non-hydrogen) atoms. The maximum absolute atomic E-state index is 2.45. The van der Waals surface area contributed by atoms with Crippen molar-refractivity contribution < 1.29 is 0 Å². The summed E-state index contributed by atoms with van der Waals surface area (Å²) >= 11 is 0. The summed E-state index contributed by atoms with van der Waals surface area (Å²) in [5, 5.41) is 0. The van der Waals surface area contributed by atoms with Crippen LogP contribution < -0.4 is 0 Å². The Labute approximate surface area is 71.4 Å². The third-order valence-electron chi connectivity index (χ3n) is 3.02. The summed E-state index contributed by atoms with van der Waals surface area (Å²) in [4.78, 5) is 0. The van der Waals surface area contributed by atoms with E-state index in [9.17, 15) is 0 Å². The maximum Gasteiger partial charge on any atom is -0.0321 e. The molecule has 0 heterocycles. The van der Waals surface area contributed by atoms with Crippen LogP contribution in [0.1, 0.15) is 52.9 Å². The molecule has 0 bridgehead atoms. The van der Waals surface area contributed by atoms with Crippen LogP contribution in [0.25, 0.3) is 0 Å². The third kappa shape index (κ3) is 2.50. The van der Waals surface area contributed by atoms with Gasteiger partial charge < -0.3 is 0 Å². The van der Waals surface area contributed by atoms with Gasteiger partial charge in [-0.2, -0.15) is 0 Å². The summed E-state index contributed by atoms with van der Waals surface area (Å²) in [6, 6.07) is 0. The number of hydrogen-bond acceptors (Lipinski definition) is 0. The van der Waals surface area contributed by atoms with Crippen molar-refractivity contribution in [3.63, 3.8) is 0 Å². The first-order valence-corrected chi connectivity index (χ1v) is 4.94. The lowest BCUT2D eigenvalue weighted by Gasteiger charge is -2.36. The van der Waals surface area contributed by atoms with Gasteiger partial charge >= 0.3 is 0 Å². The molecule has 1 radical (unpaired) electrons. The Morgan fingerprint density at radius 1 is 1.55 bits per heavy atom. The summed E-state index contributed by atoms with van der Waals surface area (Å²) in [6.07, 6.45) is 9.44. The van der Waals surface area contributed by atoms with Crippen LogP contribution in [-0.4, -0.2) is 0 Å². The van der Waals surface area contributed by atoms with Crippen molar-refractivity contribution in [2.45, 2.75) is 52.9 Å². The second-order valence-corrected chi connectivity index (χ2v) is 4.62. The minimum atomic E-state index is 0.645. The molecule has 0 aromatic rings. The van der Waals surface area contributed by atoms with Crippen LogP contribution in [-0.2, 0) is 0 Å². The Morgan fingerprint density at radius 3 is 2.82 bits per heavy atom. The molecule has 65 valence electrons. The first-order chi connectivity index (χ1) is 5.16. The highest BCUT2D eigenvalue weighted by molar-refractivity contribution is 4.84. The monoisotopic (exact) mass is 153 g/mol. The lowest BCUT2D eigenvalue weighted by atomic mass is 9.69. The van der Waals surface area contributed by atoms with Gasteiger partial charge in [-0.3, -0.25) is 0 Å². The zero-order valence-electron chi connectivity index (χ0n) is 8.19. The molecule has 2 atom stereocenters. The molecule has 0 aromatic heterocycles. The molecule has 1 rings (SSSR count). The number of hydrogen-bond donors (Lipinski definition) is 0. The molecule has 0 nitrogen and oxygen atoms in total.